The summed E-state index contributed by atoms with van der Waals surface area (Å²) in [4.78, 5) is 32.3. The number of hydrogen-bond donors (Lipinski definition) is 9. The van der Waals surface area contributed by atoms with Crippen LogP contribution in [-0.2, 0) is 11.0 Å². The molecule has 0 atom stereocenters. The van der Waals surface area contributed by atoms with Gasteiger partial charge >= 0.3 is 17.9 Å². The number of halogens is 4. The largest absolute Gasteiger partial charge is 0.434 e. The Morgan fingerprint density at radius 3 is 2.13 bits per heavy atom. The van der Waals surface area contributed by atoms with Crippen molar-refractivity contribution in [2.45, 2.75) is 74.4 Å². The van der Waals surface area contributed by atoms with E-state index in [9.17, 15) is 62.9 Å². The number of amides is 2. The number of piperidine rings is 2. The number of aliphatic hydroxyl groups excluding tert-OH is 1. The molecule has 9 N–H and O–H groups in total. The maximum atomic E-state index is 14.1. The molecule has 302 valence electrons. The van der Waals surface area contributed by atoms with Gasteiger partial charge in [-0.05, 0) is 98.0 Å². The van der Waals surface area contributed by atoms with Gasteiger partial charge in [0.25, 0.3) is 17.6 Å². The first kappa shape index (κ1) is 42.4. The number of rotatable bonds is 11. The Balaban J connectivity index is 1.24. The fraction of sp³-hybridized carbons (Fsp3) is 0.514. The predicted molar refractivity (Wildman–Crippen MR) is 187 cm³/mol. The van der Waals surface area contributed by atoms with Crippen LogP contribution < -0.4 is 10.1 Å². The van der Waals surface area contributed by atoms with Gasteiger partial charge < -0.3 is 55.8 Å². The molecule has 3 heterocycles. The first-order chi connectivity index (χ1) is 25.5. The number of carbonyl (C=O) groups excluding carboxylic acids is 2. The van der Waals surface area contributed by atoms with Gasteiger partial charge in [-0.25, -0.2) is 8.70 Å². The smallest absolute Gasteiger partial charge is 0.419 e. The third kappa shape index (κ3) is 8.53. The fourth-order valence-electron chi connectivity index (χ4n) is 6.52. The topological polar surface area (TPSA) is 236 Å². The second-order valence-electron chi connectivity index (χ2n) is 14.0. The van der Waals surface area contributed by atoms with Crippen molar-refractivity contribution in [3.05, 3.63) is 69.1 Å². The Labute approximate surface area is 316 Å². The standard InChI is InChI=1S/C35H42F4N4O11S/c1-20-15-23(28(45)42-10-6-30(47,18-36)7-11-42)16-21(2)24(20)5-14-55-43-12-8-31(9-13-43)29(46)40-27(41-31)22-3-4-26(25(17-22)33(37,38)39)54-35(52,53)34(50,51)32(48,49)19-44/h3-5,14-17,44,47-53H,6-13,18-19H2,1-2H3,(H,40,41,46)/b14-5+. The number of nitrogens with zero attached hydrogens (tertiary/aromatic N) is 3. The van der Waals surface area contributed by atoms with Gasteiger partial charge in [0.1, 0.15) is 30.4 Å². The van der Waals surface area contributed by atoms with Crippen molar-refractivity contribution in [2.75, 3.05) is 39.5 Å². The zero-order chi connectivity index (χ0) is 40.8. The van der Waals surface area contributed by atoms with Gasteiger partial charge in [0.05, 0.1) is 11.2 Å². The van der Waals surface area contributed by atoms with E-state index in [2.05, 4.69) is 15.0 Å². The number of hydrogen-bond acceptors (Lipinski definition) is 14. The van der Waals surface area contributed by atoms with E-state index in [1.54, 1.807) is 17.0 Å². The van der Waals surface area contributed by atoms with E-state index in [4.69, 9.17) is 5.11 Å². The molecule has 0 unspecified atom stereocenters. The number of amidine groups is 1. The zero-order valence-corrected chi connectivity index (χ0v) is 30.5. The highest BCUT2D eigenvalue weighted by Gasteiger charge is 2.64. The van der Waals surface area contributed by atoms with Crippen molar-refractivity contribution < 1.29 is 72.7 Å². The second kappa shape index (κ2) is 15.3. The van der Waals surface area contributed by atoms with E-state index in [0.29, 0.717) is 30.8 Å². The Morgan fingerprint density at radius 1 is 0.982 bits per heavy atom. The van der Waals surface area contributed by atoms with Crippen molar-refractivity contribution in [3.63, 3.8) is 0 Å². The molecule has 0 saturated carbocycles. The van der Waals surface area contributed by atoms with Gasteiger partial charge in [-0.15, -0.1) is 0 Å². The number of aliphatic hydroxyl groups is 8. The zero-order valence-electron chi connectivity index (χ0n) is 29.7. The third-order valence-electron chi connectivity index (χ3n) is 10.1. The normalized spacial score (nSPS) is 19.6. The molecular weight excluding hydrogens is 760 g/mol. The average molecular weight is 803 g/mol. The molecule has 0 aromatic heterocycles. The number of nitrogens with one attached hydrogen (secondary N) is 1. The van der Waals surface area contributed by atoms with E-state index in [0.717, 1.165) is 22.8 Å². The third-order valence-corrected chi connectivity index (χ3v) is 11.0. The SMILES string of the molecule is Cc1cc(C(=O)N2CCC(O)(CF)CC2)cc(C)c1/C=C/SN1CCC2(CC1)N=C(c1ccc(OC(O)(O)C(O)(O)C(O)(O)CO)c(C(F)(F)F)c1)NC2=O. The molecule has 2 amide bonds. The van der Waals surface area contributed by atoms with Crippen LogP contribution in [0.2, 0.25) is 0 Å². The molecule has 0 radical (unpaired) electrons. The highest BCUT2D eigenvalue weighted by molar-refractivity contribution is 8.00. The molecule has 2 aromatic rings. The lowest BCUT2D eigenvalue weighted by atomic mass is 9.89. The molecule has 2 saturated heterocycles. The predicted octanol–water partition coefficient (Wildman–Crippen LogP) is 0.660. The summed E-state index contributed by atoms with van der Waals surface area (Å²) in [6.45, 7) is 2.28. The molecule has 5 rings (SSSR count). The van der Waals surface area contributed by atoms with E-state index in [-0.39, 0.29) is 56.1 Å². The molecule has 0 bridgehead atoms. The highest BCUT2D eigenvalue weighted by atomic mass is 32.2. The van der Waals surface area contributed by atoms with Gasteiger partial charge in [0.2, 0.25) is 0 Å². The second-order valence-corrected chi connectivity index (χ2v) is 15.0. The van der Waals surface area contributed by atoms with Gasteiger partial charge in [-0.2, -0.15) is 13.2 Å². The van der Waals surface area contributed by atoms with Crippen molar-refractivity contribution >= 4 is 35.7 Å². The van der Waals surface area contributed by atoms with E-state index in [1.807, 2.05) is 29.6 Å². The lowest BCUT2D eigenvalue weighted by Gasteiger charge is -2.40. The minimum absolute atomic E-state index is 0.168. The number of alkyl halides is 4. The quantitative estimate of drug-likeness (QED) is 0.0865. The van der Waals surface area contributed by atoms with Crippen LogP contribution in [0.1, 0.15) is 63.9 Å². The molecule has 0 aliphatic carbocycles. The van der Waals surface area contributed by atoms with E-state index in [1.165, 1.54) is 11.9 Å². The Bertz CT molecular complexity index is 1830. The lowest BCUT2D eigenvalue weighted by Crippen LogP contribution is -2.71. The summed E-state index contributed by atoms with van der Waals surface area (Å²) in [6, 6.07) is 5.56. The molecule has 20 heteroatoms. The first-order valence-electron chi connectivity index (χ1n) is 17.0. The monoisotopic (exact) mass is 802 g/mol. The number of carbonyl (C=O) groups is 2. The molecule has 3 aliphatic heterocycles. The van der Waals surface area contributed by atoms with Gasteiger partial charge in [-0.3, -0.25) is 14.6 Å². The van der Waals surface area contributed by atoms with Crippen LogP contribution in [0, 0.1) is 13.8 Å². The Hall–Kier alpha value is -3.70. The number of aliphatic imine (C=N–C) groups is 1. The summed E-state index contributed by atoms with van der Waals surface area (Å²) in [5.74, 6) is -15.4. The van der Waals surface area contributed by atoms with Crippen LogP contribution in [0.3, 0.4) is 0 Å². The summed E-state index contributed by atoms with van der Waals surface area (Å²) in [6.07, 6.45) is -2.59. The van der Waals surface area contributed by atoms with E-state index < -0.39 is 65.4 Å². The van der Waals surface area contributed by atoms with Crippen LogP contribution in [0.5, 0.6) is 5.75 Å². The molecule has 55 heavy (non-hydrogen) atoms. The van der Waals surface area contributed by atoms with Crippen molar-refractivity contribution in [1.29, 1.82) is 0 Å². The molecule has 3 aliphatic rings. The Morgan fingerprint density at radius 2 is 1.58 bits per heavy atom. The van der Waals surface area contributed by atoms with E-state index >= 15 is 0 Å². The molecule has 2 aromatic carbocycles. The van der Waals surface area contributed by atoms with Crippen LogP contribution in [0.25, 0.3) is 6.08 Å². The number of benzene rings is 2. The average Bonchev–Trinajstić information content (AvgIpc) is 3.44. The van der Waals surface area contributed by atoms with Crippen LogP contribution in [-0.4, -0.2) is 136 Å². The van der Waals surface area contributed by atoms with Gasteiger partial charge in [-0.1, -0.05) is 11.9 Å². The molecule has 15 nitrogen and oxygen atoms in total. The summed E-state index contributed by atoms with van der Waals surface area (Å²) >= 11 is 1.38. The molecular formula is C35H42F4N4O11S. The number of ether oxygens (including phenoxy) is 1. The van der Waals surface area contributed by atoms with Crippen LogP contribution in [0.4, 0.5) is 17.6 Å². The summed E-state index contributed by atoms with van der Waals surface area (Å²) in [7, 11) is 0. The fourth-order valence-corrected chi connectivity index (χ4v) is 7.29. The number of aryl methyl sites for hydroxylation is 2. The van der Waals surface area contributed by atoms with Gasteiger partial charge in [0, 0.05) is 37.3 Å². The van der Waals surface area contributed by atoms with Crippen molar-refractivity contribution in [2.24, 2.45) is 4.99 Å². The summed E-state index contributed by atoms with van der Waals surface area (Å²) in [5, 5.41) is 82.2. The van der Waals surface area contributed by atoms with Gasteiger partial charge in [0.15, 0.2) is 0 Å². The lowest BCUT2D eigenvalue weighted by molar-refractivity contribution is -0.502. The minimum Gasteiger partial charge on any atom is -0.434 e. The van der Waals surface area contributed by atoms with Crippen molar-refractivity contribution in [3.8, 4) is 5.75 Å². The first-order valence-corrected chi connectivity index (χ1v) is 17.9. The number of likely N-dealkylation sites (tertiary alicyclic amines) is 1. The summed E-state index contributed by atoms with van der Waals surface area (Å²) < 4.78 is 61.7. The summed E-state index contributed by atoms with van der Waals surface area (Å²) in [5.41, 5.74) is -1.51. The molecule has 1 spiro atoms. The van der Waals surface area contributed by atoms with Crippen LogP contribution >= 0.6 is 11.9 Å². The minimum atomic E-state index is -5.25. The maximum absolute atomic E-state index is 14.1. The Kier molecular flexibility index (Phi) is 11.8. The van der Waals surface area contributed by atoms with Crippen molar-refractivity contribution in [1.82, 2.24) is 14.5 Å². The maximum Gasteiger partial charge on any atom is 0.419 e. The molecule has 2 fully saturated rings. The van der Waals surface area contributed by atoms with Crippen LogP contribution in [0.15, 0.2) is 40.7 Å². The highest BCUT2D eigenvalue weighted by Crippen LogP contribution is 2.41.